The molecule has 1 heterocycles. The molecule has 0 aliphatic carbocycles. The predicted octanol–water partition coefficient (Wildman–Crippen LogP) is 2.43. The summed E-state index contributed by atoms with van der Waals surface area (Å²) >= 11 is 1.09. The minimum absolute atomic E-state index is 0. The van der Waals surface area contributed by atoms with E-state index in [4.69, 9.17) is 0 Å². The van der Waals surface area contributed by atoms with Crippen LogP contribution >= 0.6 is 23.7 Å². The van der Waals surface area contributed by atoms with Crippen LogP contribution in [0.3, 0.4) is 0 Å². The smallest absolute Gasteiger partial charge is 0.273 e. The summed E-state index contributed by atoms with van der Waals surface area (Å²) in [5, 5.41) is 0. The van der Waals surface area contributed by atoms with Crippen LogP contribution in [0.1, 0.15) is 0 Å². The van der Waals surface area contributed by atoms with Crippen molar-refractivity contribution in [1.82, 2.24) is 4.98 Å². The minimum atomic E-state index is -3.52. The Labute approximate surface area is 122 Å². The molecule has 0 aliphatic heterocycles. The minimum Gasteiger partial charge on any atom is -0.378 e. The fraction of sp³-hybridized carbons (Fsp3) is 0.182. The lowest BCUT2D eigenvalue weighted by Gasteiger charge is -2.14. The number of hydrogen-bond acceptors (Lipinski definition) is 5. The summed E-state index contributed by atoms with van der Waals surface area (Å²) in [6.07, 6.45) is 1.34. The number of benzene rings is 1. The van der Waals surface area contributed by atoms with Crippen LogP contribution < -0.4 is 9.62 Å². The number of nitrogens with zero attached hydrogens (tertiary/aromatic N) is 2. The summed E-state index contributed by atoms with van der Waals surface area (Å²) in [5.41, 5.74) is 2.96. The van der Waals surface area contributed by atoms with Crippen molar-refractivity contribution in [3.63, 3.8) is 0 Å². The molecule has 0 amide bonds. The quantitative estimate of drug-likeness (QED) is 0.940. The molecule has 0 spiro atoms. The van der Waals surface area contributed by atoms with Crippen molar-refractivity contribution >= 4 is 45.1 Å². The van der Waals surface area contributed by atoms with Crippen LogP contribution in [0.5, 0.6) is 0 Å². The third-order valence-electron chi connectivity index (χ3n) is 2.29. The van der Waals surface area contributed by atoms with Gasteiger partial charge in [-0.25, -0.2) is 8.42 Å². The highest BCUT2D eigenvalue weighted by Gasteiger charge is 2.15. The molecule has 2 aromatic rings. The molecule has 1 aromatic carbocycles. The van der Waals surface area contributed by atoms with E-state index >= 15 is 0 Å². The fourth-order valence-corrected chi connectivity index (χ4v) is 3.24. The van der Waals surface area contributed by atoms with E-state index in [0.29, 0.717) is 5.69 Å². The van der Waals surface area contributed by atoms with Crippen molar-refractivity contribution in [2.24, 2.45) is 0 Å². The van der Waals surface area contributed by atoms with E-state index in [2.05, 4.69) is 9.71 Å². The van der Waals surface area contributed by atoms with E-state index in [1.54, 1.807) is 18.2 Å². The number of rotatable bonds is 4. The molecule has 5 nitrogen and oxygen atoms in total. The van der Waals surface area contributed by atoms with Gasteiger partial charge in [0.2, 0.25) is 0 Å². The highest BCUT2D eigenvalue weighted by molar-refractivity contribution is 7.94. The standard InChI is InChI=1S/C11H13N3O2S2.ClH/c1-14(2)10-5-3-4-9(6-10)13-18(15,16)11-7-12-8-17-11;/h3-8,13H,1-2H3;1H. The number of nitrogens with one attached hydrogen (secondary N) is 1. The lowest BCUT2D eigenvalue weighted by molar-refractivity contribution is 0.603. The molecule has 8 heteroatoms. The lowest BCUT2D eigenvalue weighted by atomic mass is 10.3. The molecule has 2 rings (SSSR count). The third kappa shape index (κ3) is 3.82. The number of sulfonamides is 1. The molecule has 0 bridgehead atoms. The molecular weight excluding hydrogens is 306 g/mol. The van der Waals surface area contributed by atoms with Crippen LogP contribution in [0.4, 0.5) is 11.4 Å². The second kappa shape index (κ2) is 6.23. The molecule has 104 valence electrons. The zero-order chi connectivity index (χ0) is 13.2. The Bertz CT molecular complexity index is 627. The summed E-state index contributed by atoms with van der Waals surface area (Å²) in [6, 6.07) is 7.20. The largest absolute Gasteiger partial charge is 0.378 e. The Morgan fingerprint density at radius 1 is 1.32 bits per heavy atom. The fourth-order valence-electron chi connectivity index (χ4n) is 1.39. The number of aromatic nitrogens is 1. The molecule has 0 unspecified atom stereocenters. The highest BCUT2D eigenvalue weighted by atomic mass is 35.5. The second-order valence-electron chi connectivity index (χ2n) is 3.87. The average Bonchev–Trinajstić information content (AvgIpc) is 2.82. The lowest BCUT2D eigenvalue weighted by Crippen LogP contribution is -2.13. The number of halogens is 1. The first-order chi connectivity index (χ1) is 8.49. The first kappa shape index (κ1) is 15.7. The van der Waals surface area contributed by atoms with Gasteiger partial charge in [-0.2, -0.15) is 0 Å². The Hall–Kier alpha value is -1.31. The van der Waals surface area contributed by atoms with Gasteiger partial charge in [-0.05, 0) is 18.2 Å². The maximum atomic E-state index is 12.0. The van der Waals surface area contributed by atoms with Crippen molar-refractivity contribution in [2.75, 3.05) is 23.7 Å². The zero-order valence-electron chi connectivity index (χ0n) is 10.4. The van der Waals surface area contributed by atoms with E-state index < -0.39 is 10.0 Å². The number of anilines is 2. The normalized spacial score (nSPS) is 10.6. The van der Waals surface area contributed by atoms with E-state index in [0.717, 1.165) is 17.0 Å². The molecule has 0 radical (unpaired) electrons. The van der Waals surface area contributed by atoms with E-state index in [-0.39, 0.29) is 16.6 Å². The monoisotopic (exact) mass is 319 g/mol. The van der Waals surface area contributed by atoms with Crippen molar-refractivity contribution in [3.05, 3.63) is 36.0 Å². The highest BCUT2D eigenvalue weighted by Crippen LogP contribution is 2.22. The zero-order valence-corrected chi connectivity index (χ0v) is 12.8. The van der Waals surface area contributed by atoms with Gasteiger partial charge in [0, 0.05) is 19.8 Å². The van der Waals surface area contributed by atoms with Crippen LogP contribution in [-0.2, 0) is 10.0 Å². The second-order valence-corrected chi connectivity index (χ2v) is 6.67. The van der Waals surface area contributed by atoms with Gasteiger partial charge in [-0.3, -0.25) is 9.71 Å². The molecule has 1 aromatic heterocycles. The van der Waals surface area contributed by atoms with Gasteiger partial charge in [-0.15, -0.1) is 23.7 Å². The van der Waals surface area contributed by atoms with Gasteiger partial charge in [0.05, 0.1) is 17.4 Å². The third-order valence-corrected chi connectivity index (χ3v) is 4.94. The summed E-state index contributed by atoms with van der Waals surface area (Å²) in [7, 11) is 0.274. The summed E-state index contributed by atoms with van der Waals surface area (Å²) in [6.45, 7) is 0. The van der Waals surface area contributed by atoms with Crippen molar-refractivity contribution in [2.45, 2.75) is 4.21 Å². The van der Waals surface area contributed by atoms with Crippen LogP contribution in [-0.4, -0.2) is 27.5 Å². The van der Waals surface area contributed by atoms with E-state index in [9.17, 15) is 8.42 Å². The Morgan fingerprint density at radius 3 is 2.63 bits per heavy atom. The summed E-state index contributed by atoms with van der Waals surface area (Å²) < 4.78 is 26.7. The van der Waals surface area contributed by atoms with Crippen molar-refractivity contribution < 1.29 is 8.42 Å². The van der Waals surface area contributed by atoms with Gasteiger partial charge in [0.1, 0.15) is 0 Å². The van der Waals surface area contributed by atoms with E-state index in [1.807, 2.05) is 25.1 Å². The molecule has 0 atom stereocenters. The van der Waals surface area contributed by atoms with Gasteiger partial charge >= 0.3 is 0 Å². The van der Waals surface area contributed by atoms with Crippen LogP contribution in [0.15, 0.2) is 40.2 Å². The number of thiazole rings is 1. The predicted molar refractivity (Wildman–Crippen MR) is 80.9 cm³/mol. The SMILES string of the molecule is CN(C)c1cccc(NS(=O)(=O)c2cncs2)c1.Cl. The van der Waals surface area contributed by atoms with Crippen molar-refractivity contribution in [3.8, 4) is 0 Å². The van der Waals surface area contributed by atoms with Gasteiger partial charge in [0.15, 0.2) is 4.21 Å². The molecular formula is C11H14ClN3O2S2. The molecule has 0 aliphatic rings. The van der Waals surface area contributed by atoms with Crippen molar-refractivity contribution in [1.29, 1.82) is 0 Å². The first-order valence-corrected chi connectivity index (χ1v) is 7.54. The maximum absolute atomic E-state index is 12.0. The molecule has 19 heavy (non-hydrogen) atoms. The molecule has 0 saturated carbocycles. The average molecular weight is 320 g/mol. The van der Waals surface area contributed by atoms with Gasteiger partial charge in [0.25, 0.3) is 10.0 Å². The molecule has 0 saturated heterocycles. The summed E-state index contributed by atoms with van der Waals surface area (Å²) in [4.78, 5) is 5.67. The van der Waals surface area contributed by atoms with Crippen LogP contribution in [0, 0.1) is 0 Å². The molecule has 0 fully saturated rings. The Kier molecular flexibility index (Phi) is 5.16. The molecule has 1 N–H and O–H groups in total. The number of hydrogen-bond donors (Lipinski definition) is 1. The van der Waals surface area contributed by atoms with E-state index in [1.165, 1.54) is 11.7 Å². The Balaban J connectivity index is 0.00000180. The van der Waals surface area contributed by atoms with Crippen LogP contribution in [0.25, 0.3) is 0 Å². The Morgan fingerprint density at radius 2 is 2.05 bits per heavy atom. The van der Waals surface area contributed by atoms with Gasteiger partial charge < -0.3 is 4.90 Å². The topological polar surface area (TPSA) is 62.3 Å². The van der Waals surface area contributed by atoms with Crippen LogP contribution in [0.2, 0.25) is 0 Å². The maximum Gasteiger partial charge on any atom is 0.273 e. The first-order valence-electron chi connectivity index (χ1n) is 5.18. The summed E-state index contributed by atoms with van der Waals surface area (Å²) in [5.74, 6) is 0. The van der Waals surface area contributed by atoms with Gasteiger partial charge in [-0.1, -0.05) is 6.07 Å².